The van der Waals surface area contributed by atoms with Crippen molar-refractivity contribution in [3.05, 3.63) is 0 Å². The van der Waals surface area contributed by atoms with Crippen LogP contribution in [0.2, 0.25) is 0 Å². The van der Waals surface area contributed by atoms with Gasteiger partial charge in [0.25, 0.3) is 0 Å². The molecule has 0 amide bonds. The number of ether oxygens (including phenoxy) is 1. The molecule has 0 N–H and O–H groups in total. The van der Waals surface area contributed by atoms with Crippen molar-refractivity contribution in [2.24, 2.45) is 5.41 Å². The van der Waals surface area contributed by atoms with Gasteiger partial charge in [0.1, 0.15) is 0 Å². The van der Waals surface area contributed by atoms with Crippen LogP contribution in [0.3, 0.4) is 0 Å². The predicted octanol–water partition coefficient (Wildman–Crippen LogP) is 3.17. The maximum Gasteiger partial charge on any atom is 0.0594 e. The zero-order valence-corrected chi connectivity index (χ0v) is 10.0. The summed E-state index contributed by atoms with van der Waals surface area (Å²) < 4.78 is 5.32. The third-order valence-corrected chi connectivity index (χ3v) is 2.75. The number of morpholine rings is 1. The van der Waals surface area contributed by atoms with E-state index in [1.807, 2.05) is 0 Å². The molecule has 0 saturated carbocycles. The summed E-state index contributed by atoms with van der Waals surface area (Å²) >= 11 is 0. The quantitative estimate of drug-likeness (QED) is 0.668. The molecule has 0 spiro atoms. The van der Waals surface area contributed by atoms with Crippen molar-refractivity contribution in [1.29, 1.82) is 0 Å². The van der Waals surface area contributed by atoms with E-state index in [9.17, 15) is 0 Å². The van der Waals surface area contributed by atoms with Crippen LogP contribution in [-0.4, -0.2) is 37.7 Å². The average molecular weight is 215 g/mol. The normalized spacial score (nSPS) is 18.6. The zero-order chi connectivity index (χ0) is 10.4. The molecule has 15 heavy (non-hydrogen) atoms. The Kier molecular flexibility index (Phi) is 7.20. The Bertz CT molecular complexity index is 145. The molecule has 0 bridgehead atoms. The Morgan fingerprint density at radius 3 is 2.20 bits per heavy atom. The third-order valence-electron chi connectivity index (χ3n) is 2.75. The first-order valence-corrected chi connectivity index (χ1v) is 5.88. The minimum Gasteiger partial charge on any atom is -0.379 e. The summed E-state index contributed by atoms with van der Waals surface area (Å²) in [5.41, 5.74) is 0.505. The van der Waals surface area contributed by atoms with Gasteiger partial charge in [0.15, 0.2) is 0 Å². The van der Waals surface area contributed by atoms with Crippen molar-refractivity contribution < 1.29 is 4.74 Å². The summed E-state index contributed by atoms with van der Waals surface area (Å²) in [6.45, 7) is 12.4. The molecule has 0 atom stereocenters. The minimum atomic E-state index is 0. The fourth-order valence-electron chi connectivity index (χ4n) is 1.82. The van der Waals surface area contributed by atoms with E-state index >= 15 is 0 Å². The number of rotatable bonds is 4. The van der Waals surface area contributed by atoms with Crippen LogP contribution in [0, 0.1) is 5.41 Å². The molecule has 0 aromatic rings. The summed E-state index contributed by atoms with van der Waals surface area (Å²) in [7, 11) is 0. The molecule has 1 saturated heterocycles. The van der Waals surface area contributed by atoms with Crippen molar-refractivity contribution >= 4 is 0 Å². The molecule has 1 rings (SSSR count). The van der Waals surface area contributed by atoms with Crippen LogP contribution >= 0.6 is 0 Å². The Morgan fingerprint density at radius 2 is 1.67 bits per heavy atom. The molecule has 1 aliphatic rings. The van der Waals surface area contributed by atoms with E-state index in [2.05, 4.69) is 25.7 Å². The van der Waals surface area contributed by atoms with Crippen molar-refractivity contribution in [3.63, 3.8) is 0 Å². The van der Waals surface area contributed by atoms with Gasteiger partial charge in [-0.15, -0.1) is 0 Å². The number of hydrogen-bond acceptors (Lipinski definition) is 2. The van der Waals surface area contributed by atoms with Crippen LogP contribution in [-0.2, 0) is 4.74 Å². The molecule has 92 valence electrons. The molecule has 0 aliphatic carbocycles. The summed E-state index contributed by atoms with van der Waals surface area (Å²) in [6, 6.07) is 0. The van der Waals surface area contributed by atoms with Crippen LogP contribution in [0.25, 0.3) is 0 Å². The van der Waals surface area contributed by atoms with Crippen LogP contribution in [0.1, 0.15) is 47.5 Å². The molecule has 0 unspecified atom stereocenters. The van der Waals surface area contributed by atoms with E-state index in [0.717, 1.165) is 26.3 Å². The van der Waals surface area contributed by atoms with Gasteiger partial charge in [0.05, 0.1) is 13.2 Å². The minimum absolute atomic E-state index is 0. The average Bonchev–Trinajstić information content (AvgIpc) is 2.13. The van der Waals surface area contributed by atoms with E-state index in [0.29, 0.717) is 5.41 Å². The molecular formula is C13H29NO. The van der Waals surface area contributed by atoms with Gasteiger partial charge < -0.3 is 4.74 Å². The first-order valence-electron chi connectivity index (χ1n) is 5.88. The highest BCUT2D eigenvalue weighted by Gasteiger charge is 2.11. The van der Waals surface area contributed by atoms with E-state index in [4.69, 9.17) is 4.74 Å². The highest BCUT2D eigenvalue weighted by molar-refractivity contribution is 4.64. The molecular weight excluding hydrogens is 186 g/mol. The van der Waals surface area contributed by atoms with Crippen LogP contribution < -0.4 is 0 Å². The molecule has 1 fully saturated rings. The van der Waals surface area contributed by atoms with Crippen LogP contribution in [0.4, 0.5) is 0 Å². The van der Waals surface area contributed by atoms with E-state index in [-0.39, 0.29) is 7.43 Å². The monoisotopic (exact) mass is 215 g/mol. The van der Waals surface area contributed by atoms with Gasteiger partial charge in [-0.25, -0.2) is 0 Å². The smallest absolute Gasteiger partial charge is 0.0594 e. The predicted molar refractivity (Wildman–Crippen MR) is 67.3 cm³/mol. The van der Waals surface area contributed by atoms with Gasteiger partial charge >= 0.3 is 0 Å². The van der Waals surface area contributed by atoms with E-state index in [1.165, 1.54) is 25.8 Å². The van der Waals surface area contributed by atoms with Crippen molar-refractivity contribution in [3.8, 4) is 0 Å². The molecule has 1 heterocycles. The van der Waals surface area contributed by atoms with E-state index in [1.54, 1.807) is 0 Å². The van der Waals surface area contributed by atoms with Gasteiger partial charge in [-0.1, -0.05) is 34.6 Å². The van der Waals surface area contributed by atoms with E-state index < -0.39 is 0 Å². The standard InChI is InChI=1S/C12H25NO.CH4/c1-12(2,3)6-4-5-7-13-8-10-14-11-9-13;/h4-11H2,1-3H3;1H4. The number of unbranched alkanes of at least 4 members (excludes halogenated alkanes) is 1. The lowest BCUT2D eigenvalue weighted by molar-refractivity contribution is 0.0368. The highest BCUT2D eigenvalue weighted by atomic mass is 16.5. The lowest BCUT2D eigenvalue weighted by Gasteiger charge is -2.27. The largest absolute Gasteiger partial charge is 0.379 e. The van der Waals surface area contributed by atoms with Gasteiger partial charge in [-0.3, -0.25) is 4.90 Å². The first kappa shape index (κ1) is 14.9. The van der Waals surface area contributed by atoms with Crippen LogP contribution in [0.5, 0.6) is 0 Å². The molecule has 1 aliphatic heterocycles. The fourth-order valence-corrected chi connectivity index (χ4v) is 1.82. The fraction of sp³-hybridized carbons (Fsp3) is 1.00. The third kappa shape index (κ3) is 7.80. The molecule has 2 nitrogen and oxygen atoms in total. The maximum absolute atomic E-state index is 5.32. The molecule has 0 radical (unpaired) electrons. The van der Waals surface area contributed by atoms with Gasteiger partial charge in [0.2, 0.25) is 0 Å². The van der Waals surface area contributed by atoms with Crippen molar-refractivity contribution in [1.82, 2.24) is 4.90 Å². The Morgan fingerprint density at radius 1 is 1.07 bits per heavy atom. The maximum atomic E-state index is 5.32. The summed E-state index contributed by atoms with van der Waals surface area (Å²) in [5, 5.41) is 0. The van der Waals surface area contributed by atoms with Crippen LogP contribution in [0.15, 0.2) is 0 Å². The molecule has 0 aromatic heterocycles. The summed E-state index contributed by atoms with van der Waals surface area (Å²) in [4.78, 5) is 2.52. The lowest BCUT2D eigenvalue weighted by atomic mass is 9.90. The number of nitrogens with zero attached hydrogens (tertiary/aromatic N) is 1. The highest BCUT2D eigenvalue weighted by Crippen LogP contribution is 2.21. The summed E-state index contributed by atoms with van der Waals surface area (Å²) in [5.74, 6) is 0. The van der Waals surface area contributed by atoms with Gasteiger partial charge in [0, 0.05) is 13.1 Å². The molecule has 2 heteroatoms. The Labute approximate surface area is 96.0 Å². The zero-order valence-electron chi connectivity index (χ0n) is 10.0. The van der Waals surface area contributed by atoms with Crippen molar-refractivity contribution in [2.45, 2.75) is 47.5 Å². The van der Waals surface area contributed by atoms with Crippen molar-refractivity contribution in [2.75, 3.05) is 32.8 Å². The molecule has 0 aromatic carbocycles. The summed E-state index contributed by atoms with van der Waals surface area (Å²) in [6.07, 6.45) is 4.05. The Hall–Kier alpha value is -0.0800. The second kappa shape index (κ2) is 7.24. The SMILES string of the molecule is C.CC(C)(C)CCCCN1CCOCC1. The first-order chi connectivity index (χ1) is 6.58. The van der Waals surface area contributed by atoms with Gasteiger partial charge in [-0.05, 0) is 24.8 Å². The lowest BCUT2D eigenvalue weighted by Crippen LogP contribution is -2.36. The number of hydrogen-bond donors (Lipinski definition) is 0. The Balaban J connectivity index is 0.00000196. The second-order valence-electron chi connectivity index (χ2n) is 5.47. The second-order valence-corrected chi connectivity index (χ2v) is 5.47. The topological polar surface area (TPSA) is 12.5 Å². The van der Waals surface area contributed by atoms with Gasteiger partial charge in [-0.2, -0.15) is 0 Å².